The van der Waals surface area contributed by atoms with Gasteiger partial charge in [-0.05, 0) is 30.3 Å². The summed E-state index contributed by atoms with van der Waals surface area (Å²) >= 11 is 0. The van der Waals surface area contributed by atoms with Gasteiger partial charge in [-0.2, -0.15) is 0 Å². The Morgan fingerprint density at radius 3 is 2.53 bits per heavy atom. The number of halogens is 3. The minimum absolute atomic E-state index is 0.142. The molecule has 1 aromatic carbocycles. The first-order valence-electron chi connectivity index (χ1n) is 4.50. The third-order valence-corrected chi connectivity index (χ3v) is 2.29. The van der Waals surface area contributed by atoms with E-state index in [1.165, 1.54) is 12.1 Å². The van der Waals surface area contributed by atoms with Crippen LogP contribution in [-0.2, 0) is 13.1 Å². The maximum atomic E-state index is 11.9. The van der Waals surface area contributed by atoms with Gasteiger partial charge in [0.25, 0.3) is 0 Å². The first-order chi connectivity index (χ1) is 6.94. The maximum absolute atomic E-state index is 11.9. The van der Waals surface area contributed by atoms with Crippen molar-refractivity contribution in [2.24, 2.45) is 0 Å². The van der Waals surface area contributed by atoms with Crippen molar-refractivity contribution < 1.29 is 17.9 Å². The average Bonchev–Trinajstić information content (AvgIpc) is 2.40. The van der Waals surface area contributed by atoms with Crippen LogP contribution < -0.4 is 4.74 Å². The molecule has 0 saturated heterocycles. The number of fused-ring (bicyclic) bond motifs is 1. The van der Waals surface area contributed by atoms with Crippen molar-refractivity contribution in [2.75, 3.05) is 7.05 Å². The molecule has 0 saturated carbocycles. The molecule has 0 unspecified atom stereocenters. The smallest absolute Gasteiger partial charge is 0.406 e. The van der Waals surface area contributed by atoms with E-state index in [9.17, 15) is 13.2 Å². The van der Waals surface area contributed by atoms with Gasteiger partial charge in [0.1, 0.15) is 5.75 Å². The van der Waals surface area contributed by atoms with Gasteiger partial charge in [0.2, 0.25) is 0 Å². The third kappa shape index (κ3) is 2.41. The molecule has 2 nitrogen and oxygen atoms in total. The van der Waals surface area contributed by atoms with E-state index >= 15 is 0 Å². The van der Waals surface area contributed by atoms with Crippen molar-refractivity contribution in [2.45, 2.75) is 19.5 Å². The molecule has 0 aromatic heterocycles. The van der Waals surface area contributed by atoms with Gasteiger partial charge < -0.3 is 4.74 Å². The molecular formula is C10H10F3NO. The predicted octanol–water partition coefficient (Wildman–Crippen LogP) is 2.53. The van der Waals surface area contributed by atoms with E-state index in [2.05, 4.69) is 4.74 Å². The standard InChI is InChI=1S/C10H10F3NO/c1-14-5-7-2-3-9(4-8(7)6-14)15-10(11,12)13/h2-4H,5-6H2,1H3. The fourth-order valence-electron chi connectivity index (χ4n) is 1.74. The van der Waals surface area contributed by atoms with Crippen LogP contribution in [0.15, 0.2) is 18.2 Å². The van der Waals surface area contributed by atoms with Crippen LogP contribution in [0.25, 0.3) is 0 Å². The zero-order chi connectivity index (χ0) is 11.1. The van der Waals surface area contributed by atoms with Crippen LogP contribution in [0.2, 0.25) is 0 Å². The molecule has 0 bridgehead atoms. The lowest BCUT2D eigenvalue weighted by molar-refractivity contribution is -0.274. The lowest BCUT2D eigenvalue weighted by atomic mass is 10.1. The topological polar surface area (TPSA) is 12.5 Å². The van der Waals surface area contributed by atoms with Crippen molar-refractivity contribution in [3.63, 3.8) is 0 Å². The highest BCUT2D eigenvalue weighted by Gasteiger charge is 2.31. The lowest BCUT2D eigenvalue weighted by Gasteiger charge is -2.09. The molecule has 0 spiro atoms. The number of benzene rings is 1. The largest absolute Gasteiger partial charge is 0.573 e. The summed E-state index contributed by atoms with van der Waals surface area (Å²) in [7, 11) is 1.92. The van der Waals surface area contributed by atoms with Gasteiger partial charge in [0.15, 0.2) is 0 Å². The van der Waals surface area contributed by atoms with Crippen molar-refractivity contribution in [3.8, 4) is 5.75 Å². The van der Waals surface area contributed by atoms with Crippen molar-refractivity contribution in [1.29, 1.82) is 0 Å². The zero-order valence-corrected chi connectivity index (χ0v) is 8.14. The summed E-state index contributed by atoms with van der Waals surface area (Å²) in [6.07, 6.45) is -4.61. The summed E-state index contributed by atoms with van der Waals surface area (Å²) in [5, 5.41) is 0. The van der Waals surface area contributed by atoms with Gasteiger partial charge in [-0.3, -0.25) is 4.90 Å². The number of hydrogen-bond donors (Lipinski definition) is 0. The lowest BCUT2D eigenvalue weighted by Crippen LogP contribution is -2.17. The first kappa shape index (κ1) is 10.3. The van der Waals surface area contributed by atoms with Crippen LogP contribution in [0.3, 0.4) is 0 Å². The fraction of sp³-hybridized carbons (Fsp3) is 0.400. The Labute approximate surface area is 85.3 Å². The van der Waals surface area contributed by atoms with E-state index in [1.807, 2.05) is 11.9 Å². The summed E-state index contributed by atoms with van der Waals surface area (Å²) in [4.78, 5) is 2.03. The van der Waals surface area contributed by atoms with Crippen LogP contribution in [0.1, 0.15) is 11.1 Å². The second kappa shape index (κ2) is 3.41. The first-order valence-corrected chi connectivity index (χ1v) is 4.50. The number of alkyl halides is 3. The van der Waals surface area contributed by atoms with Gasteiger partial charge in [-0.15, -0.1) is 13.2 Å². The Morgan fingerprint density at radius 1 is 1.20 bits per heavy atom. The molecule has 5 heteroatoms. The Balaban J connectivity index is 2.20. The summed E-state index contributed by atoms with van der Waals surface area (Å²) in [5.74, 6) is -0.142. The van der Waals surface area contributed by atoms with Gasteiger partial charge in [-0.25, -0.2) is 0 Å². The molecule has 15 heavy (non-hydrogen) atoms. The number of nitrogens with zero attached hydrogens (tertiary/aromatic N) is 1. The second-order valence-corrected chi connectivity index (χ2v) is 3.65. The van der Waals surface area contributed by atoms with E-state index in [0.717, 1.165) is 17.7 Å². The summed E-state index contributed by atoms with van der Waals surface area (Å²) in [6.45, 7) is 1.45. The van der Waals surface area contributed by atoms with Crippen LogP contribution in [-0.4, -0.2) is 18.3 Å². The highest BCUT2D eigenvalue weighted by atomic mass is 19.4. The molecule has 0 radical (unpaired) electrons. The second-order valence-electron chi connectivity index (χ2n) is 3.65. The highest BCUT2D eigenvalue weighted by Crippen LogP contribution is 2.28. The van der Waals surface area contributed by atoms with Crippen molar-refractivity contribution >= 4 is 0 Å². The number of ether oxygens (including phenoxy) is 1. The van der Waals surface area contributed by atoms with Gasteiger partial charge in [0, 0.05) is 13.1 Å². The van der Waals surface area contributed by atoms with E-state index < -0.39 is 6.36 Å². The summed E-state index contributed by atoms with van der Waals surface area (Å²) in [5.41, 5.74) is 1.96. The molecule has 1 aliphatic rings. The Hall–Kier alpha value is -1.23. The molecule has 1 heterocycles. The highest BCUT2D eigenvalue weighted by molar-refractivity contribution is 5.37. The Morgan fingerprint density at radius 2 is 1.87 bits per heavy atom. The zero-order valence-electron chi connectivity index (χ0n) is 8.14. The van der Waals surface area contributed by atoms with Gasteiger partial charge in [-0.1, -0.05) is 6.07 Å². The predicted molar refractivity (Wildman–Crippen MR) is 48.3 cm³/mol. The molecule has 0 atom stereocenters. The average molecular weight is 217 g/mol. The van der Waals surface area contributed by atoms with Crippen molar-refractivity contribution in [1.82, 2.24) is 4.90 Å². The molecule has 0 aliphatic carbocycles. The van der Waals surface area contributed by atoms with E-state index in [0.29, 0.717) is 6.54 Å². The molecule has 0 amide bonds. The Bertz CT molecular complexity index is 375. The summed E-state index contributed by atoms with van der Waals surface area (Å²) < 4.78 is 39.7. The van der Waals surface area contributed by atoms with E-state index in [-0.39, 0.29) is 5.75 Å². The molecule has 0 N–H and O–H groups in total. The molecule has 1 aromatic rings. The normalized spacial score (nSPS) is 16.5. The summed E-state index contributed by atoms with van der Waals surface area (Å²) in [6, 6.07) is 4.48. The van der Waals surface area contributed by atoms with Crippen LogP contribution >= 0.6 is 0 Å². The molecule has 2 rings (SSSR count). The molecule has 1 aliphatic heterocycles. The molecular weight excluding hydrogens is 207 g/mol. The number of rotatable bonds is 1. The quantitative estimate of drug-likeness (QED) is 0.716. The maximum Gasteiger partial charge on any atom is 0.573 e. The Kier molecular flexibility index (Phi) is 2.34. The SMILES string of the molecule is CN1Cc2ccc(OC(F)(F)F)cc2C1. The molecule has 0 fully saturated rings. The van der Waals surface area contributed by atoms with Gasteiger partial charge >= 0.3 is 6.36 Å². The van der Waals surface area contributed by atoms with Crippen LogP contribution in [0, 0.1) is 0 Å². The fourth-order valence-corrected chi connectivity index (χ4v) is 1.74. The molecule has 82 valence electrons. The minimum atomic E-state index is -4.61. The van der Waals surface area contributed by atoms with Crippen LogP contribution in [0.4, 0.5) is 13.2 Å². The number of hydrogen-bond acceptors (Lipinski definition) is 2. The van der Waals surface area contributed by atoms with Crippen molar-refractivity contribution in [3.05, 3.63) is 29.3 Å². The third-order valence-electron chi connectivity index (χ3n) is 2.29. The van der Waals surface area contributed by atoms with E-state index in [4.69, 9.17) is 0 Å². The monoisotopic (exact) mass is 217 g/mol. The van der Waals surface area contributed by atoms with Crippen LogP contribution in [0.5, 0.6) is 5.75 Å². The van der Waals surface area contributed by atoms with Gasteiger partial charge in [0.05, 0.1) is 0 Å². The minimum Gasteiger partial charge on any atom is -0.406 e. The van der Waals surface area contributed by atoms with E-state index in [1.54, 1.807) is 6.07 Å².